The van der Waals surface area contributed by atoms with E-state index in [1.54, 1.807) is 0 Å². The molecule has 110 valence electrons. The van der Waals surface area contributed by atoms with Crippen molar-refractivity contribution < 1.29 is 4.79 Å². The highest BCUT2D eigenvalue weighted by Gasteiger charge is 2.25. The van der Waals surface area contributed by atoms with Gasteiger partial charge in [0.25, 0.3) is 0 Å². The van der Waals surface area contributed by atoms with Crippen LogP contribution in [0.4, 0.5) is 0 Å². The van der Waals surface area contributed by atoms with Crippen molar-refractivity contribution in [2.75, 3.05) is 13.1 Å². The van der Waals surface area contributed by atoms with Gasteiger partial charge in [-0.2, -0.15) is 0 Å². The molecule has 1 aromatic rings. The Morgan fingerprint density at radius 3 is 2.50 bits per heavy atom. The van der Waals surface area contributed by atoms with Gasteiger partial charge in [-0.05, 0) is 57.7 Å². The van der Waals surface area contributed by atoms with Gasteiger partial charge in [0, 0.05) is 29.0 Å². The molecule has 0 spiro atoms. The van der Waals surface area contributed by atoms with Crippen LogP contribution in [0.1, 0.15) is 49.9 Å². The number of benzene rings is 1. The molecular weight excluding hydrogens is 314 g/mol. The Morgan fingerprint density at radius 1 is 1.30 bits per heavy atom. The molecule has 0 radical (unpaired) electrons. The van der Waals surface area contributed by atoms with Crippen molar-refractivity contribution in [3.05, 3.63) is 34.3 Å². The minimum absolute atomic E-state index is 0.257. The Kier molecular flexibility index (Phi) is 5.79. The van der Waals surface area contributed by atoms with Gasteiger partial charge in [-0.3, -0.25) is 4.79 Å². The highest BCUT2D eigenvalue weighted by Crippen LogP contribution is 2.30. The highest BCUT2D eigenvalue weighted by molar-refractivity contribution is 9.10. The summed E-state index contributed by atoms with van der Waals surface area (Å²) in [5.74, 6) is 1.17. The van der Waals surface area contributed by atoms with E-state index in [9.17, 15) is 4.79 Å². The summed E-state index contributed by atoms with van der Waals surface area (Å²) in [4.78, 5) is 14.6. The van der Waals surface area contributed by atoms with Crippen molar-refractivity contribution in [1.82, 2.24) is 4.90 Å². The lowest BCUT2D eigenvalue weighted by atomic mass is 10.1. The lowest BCUT2D eigenvalue weighted by molar-refractivity contribution is 0.0971. The summed E-state index contributed by atoms with van der Waals surface area (Å²) in [5, 5.41) is 0. The maximum Gasteiger partial charge on any atom is 0.162 e. The highest BCUT2D eigenvalue weighted by atomic mass is 79.9. The van der Waals surface area contributed by atoms with Crippen LogP contribution in [-0.4, -0.2) is 29.8 Å². The van der Waals surface area contributed by atoms with Crippen LogP contribution in [-0.2, 0) is 0 Å². The van der Waals surface area contributed by atoms with E-state index in [1.165, 1.54) is 19.4 Å². The SMILES string of the molecule is CC(C)N(CCCC(=O)c1ccc(Br)cc1)CC1CC1. The standard InChI is InChI=1S/C17H24BrNO/c1-13(2)19(12-14-5-6-14)11-3-4-17(20)15-7-9-16(18)10-8-15/h7-10,13-14H,3-6,11-12H2,1-2H3. The molecule has 1 aromatic carbocycles. The molecule has 0 bridgehead atoms. The fourth-order valence-corrected chi connectivity index (χ4v) is 2.68. The third-order valence-corrected chi connectivity index (χ3v) is 4.46. The number of hydrogen-bond donors (Lipinski definition) is 0. The molecule has 2 nitrogen and oxygen atoms in total. The molecule has 1 saturated carbocycles. The largest absolute Gasteiger partial charge is 0.301 e. The van der Waals surface area contributed by atoms with Crippen LogP contribution in [0.5, 0.6) is 0 Å². The Bertz CT molecular complexity index is 437. The molecule has 0 heterocycles. The molecule has 2 rings (SSSR count). The monoisotopic (exact) mass is 337 g/mol. The van der Waals surface area contributed by atoms with Gasteiger partial charge in [0.15, 0.2) is 5.78 Å². The smallest absolute Gasteiger partial charge is 0.162 e. The summed E-state index contributed by atoms with van der Waals surface area (Å²) in [6.07, 6.45) is 4.39. The Hall–Kier alpha value is -0.670. The first kappa shape index (κ1) is 15.7. The van der Waals surface area contributed by atoms with E-state index in [4.69, 9.17) is 0 Å². The van der Waals surface area contributed by atoms with Crippen molar-refractivity contribution >= 4 is 21.7 Å². The molecule has 1 aliphatic carbocycles. The average Bonchev–Trinajstić information content (AvgIpc) is 3.22. The quantitative estimate of drug-likeness (QED) is 0.649. The maximum atomic E-state index is 12.1. The van der Waals surface area contributed by atoms with Gasteiger partial charge in [0.05, 0.1) is 0 Å². The van der Waals surface area contributed by atoms with Crippen molar-refractivity contribution in [3.63, 3.8) is 0 Å². The second-order valence-corrected chi connectivity index (χ2v) is 6.98. The van der Waals surface area contributed by atoms with E-state index in [2.05, 4.69) is 34.7 Å². The van der Waals surface area contributed by atoms with E-state index in [0.717, 1.165) is 28.9 Å². The molecule has 3 heteroatoms. The van der Waals surface area contributed by atoms with Crippen LogP contribution in [0.25, 0.3) is 0 Å². The Morgan fingerprint density at radius 2 is 1.95 bits per heavy atom. The summed E-state index contributed by atoms with van der Waals surface area (Å²) >= 11 is 3.39. The van der Waals surface area contributed by atoms with Gasteiger partial charge in [0.1, 0.15) is 0 Å². The van der Waals surface area contributed by atoms with Crippen LogP contribution in [0.15, 0.2) is 28.7 Å². The molecule has 0 saturated heterocycles. The summed E-state index contributed by atoms with van der Waals surface area (Å²) in [5.41, 5.74) is 0.825. The van der Waals surface area contributed by atoms with E-state index >= 15 is 0 Å². The van der Waals surface area contributed by atoms with Crippen LogP contribution in [0.3, 0.4) is 0 Å². The third kappa shape index (κ3) is 5.02. The van der Waals surface area contributed by atoms with Crippen molar-refractivity contribution in [3.8, 4) is 0 Å². The second kappa shape index (κ2) is 7.37. The molecule has 0 aromatic heterocycles. The van der Waals surface area contributed by atoms with Crippen molar-refractivity contribution in [1.29, 1.82) is 0 Å². The predicted molar refractivity (Wildman–Crippen MR) is 87.1 cm³/mol. The van der Waals surface area contributed by atoms with Crippen LogP contribution >= 0.6 is 15.9 Å². The first-order valence-electron chi connectivity index (χ1n) is 7.59. The molecule has 0 aliphatic heterocycles. The number of halogens is 1. The number of ketones is 1. The first-order valence-corrected chi connectivity index (χ1v) is 8.38. The fourth-order valence-electron chi connectivity index (χ4n) is 2.42. The molecule has 1 fully saturated rings. The van der Waals surface area contributed by atoms with Gasteiger partial charge < -0.3 is 4.90 Å². The zero-order valence-electron chi connectivity index (χ0n) is 12.4. The molecular formula is C17H24BrNO. The van der Waals surface area contributed by atoms with Crippen LogP contribution < -0.4 is 0 Å². The Labute approximate surface area is 130 Å². The predicted octanol–water partition coefficient (Wildman–Crippen LogP) is 4.53. The second-order valence-electron chi connectivity index (χ2n) is 6.07. The lowest BCUT2D eigenvalue weighted by Crippen LogP contribution is -2.33. The molecule has 0 amide bonds. The number of hydrogen-bond acceptors (Lipinski definition) is 2. The zero-order valence-corrected chi connectivity index (χ0v) is 14.0. The third-order valence-electron chi connectivity index (χ3n) is 3.94. The first-order chi connectivity index (χ1) is 9.56. The molecule has 1 aliphatic rings. The summed E-state index contributed by atoms with van der Waals surface area (Å²) in [6, 6.07) is 8.24. The number of nitrogens with zero attached hydrogens (tertiary/aromatic N) is 1. The lowest BCUT2D eigenvalue weighted by Gasteiger charge is -2.26. The van der Waals surface area contributed by atoms with Crippen molar-refractivity contribution in [2.24, 2.45) is 5.92 Å². The Balaban J connectivity index is 1.75. The van der Waals surface area contributed by atoms with Crippen LogP contribution in [0, 0.1) is 5.92 Å². The molecule has 0 unspecified atom stereocenters. The van der Waals surface area contributed by atoms with E-state index < -0.39 is 0 Å². The summed E-state index contributed by atoms with van der Waals surface area (Å²) < 4.78 is 1.02. The topological polar surface area (TPSA) is 20.3 Å². The minimum atomic E-state index is 0.257. The zero-order chi connectivity index (χ0) is 14.5. The normalized spacial score (nSPS) is 15.1. The summed E-state index contributed by atoms with van der Waals surface area (Å²) in [6.45, 7) is 6.75. The maximum absolute atomic E-state index is 12.1. The number of carbonyl (C=O) groups excluding carboxylic acids is 1. The van der Waals surface area contributed by atoms with Gasteiger partial charge in [-0.25, -0.2) is 0 Å². The van der Waals surface area contributed by atoms with E-state index in [1.807, 2.05) is 24.3 Å². The van der Waals surface area contributed by atoms with E-state index in [0.29, 0.717) is 12.5 Å². The number of Topliss-reactive ketones (excluding diaryl/α,β-unsaturated/α-hetero) is 1. The average molecular weight is 338 g/mol. The van der Waals surface area contributed by atoms with E-state index in [-0.39, 0.29) is 5.78 Å². The minimum Gasteiger partial charge on any atom is -0.301 e. The molecule has 0 N–H and O–H groups in total. The van der Waals surface area contributed by atoms with Gasteiger partial charge >= 0.3 is 0 Å². The number of rotatable bonds is 8. The molecule has 0 atom stereocenters. The molecule has 20 heavy (non-hydrogen) atoms. The van der Waals surface area contributed by atoms with Crippen LogP contribution in [0.2, 0.25) is 0 Å². The summed E-state index contributed by atoms with van der Waals surface area (Å²) in [7, 11) is 0. The van der Waals surface area contributed by atoms with Gasteiger partial charge in [0.2, 0.25) is 0 Å². The fraction of sp³-hybridized carbons (Fsp3) is 0.588. The van der Waals surface area contributed by atoms with Gasteiger partial charge in [-0.15, -0.1) is 0 Å². The number of carbonyl (C=O) groups is 1. The van der Waals surface area contributed by atoms with Gasteiger partial charge in [-0.1, -0.05) is 28.1 Å². The van der Waals surface area contributed by atoms with Crippen molar-refractivity contribution in [2.45, 2.75) is 45.6 Å².